The van der Waals surface area contributed by atoms with Gasteiger partial charge >= 0.3 is 6.18 Å². The molecule has 12 heteroatoms. The van der Waals surface area contributed by atoms with Crippen LogP contribution in [0.4, 0.5) is 42.0 Å². The van der Waals surface area contributed by atoms with Crippen LogP contribution in [0, 0.1) is 13.8 Å². The van der Waals surface area contributed by atoms with Gasteiger partial charge in [0.15, 0.2) is 6.10 Å². The van der Waals surface area contributed by atoms with Crippen molar-refractivity contribution in [1.82, 2.24) is 15.0 Å². The number of epoxide rings is 1. The molecule has 1 fully saturated rings. The normalized spacial score (nSPS) is 14.9. The first-order valence-electron chi connectivity index (χ1n) is 10.2. The number of ether oxygens (including phenoxy) is 2. The fraction of sp³-hybridized carbons (Fsp3) is 0.273. The first-order valence-corrected chi connectivity index (χ1v) is 10.2. The van der Waals surface area contributed by atoms with Crippen molar-refractivity contribution in [1.29, 1.82) is 0 Å². The minimum atomic E-state index is -4.72. The zero-order valence-electron chi connectivity index (χ0n) is 18.4. The maximum absolute atomic E-state index is 13.7. The van der Waals surface area contributed by atoms with Gasteiger partial charge in [0.05, 0.1) is 30.8 Å². The molecule has 178 valence electrons. The van der Waals surface area contributed by atoms with Crippen molar-refractivity contribution in [3.05, 3.63) is 53.3 Å². The van der Waals surface area contributed by atoms with Gasteiger partial charge in [-0.2, -0.15) is 18.2 Å². The van der Waals surface area contributed by atoms with Crippen LogP contribution in [0.2, 0.25) is 0 Å². The summed E-state index contributed by atoms with van der Waals surface area (Å²) < 4.78 is 51.2. The Hall–Kier alpha value is -3.93. The van der Waals surface area contributed by atoms with Crippen LogP contribution in [-0.4, -0.2) is 40.7 Å². The second-order valence-corrected chi connectivity index (χ2v) is 7.61. The number of anilines is 5. The van der Waals surface area contributed by atoms with E-state index in [1.165, 1.54) is 7.11 Å². The van der Waals surface area contributed by atoms with Gasteiger partial charge in [-0.25, -0.2) is 9.97 Å². The Balaban J connectivity index is 1.69. The monoisotopic (exact) mass is 474 g/mol. The number of hydrogen-bond acceptors (Lipinski definition) is 8. The molecule has 9 nitrogen and oxygen atoms in total. The van der Waals surface area contributed by atoms with Crippen molar-refractivity contribution < 1.29 is 27.4 Å². The van der Waals surface area contributed by atoms with Gasteiger partial charge in [0, 0.05) is 18.5 Å². The van der Waals surface area contributed by atoms with Gasteiger partial charge < -0.3 is 25.4 Å². The smallest absolute Gasteiger partial charge is 0.421 e. The molecule has 4 rings (SSSR count). The van der Waals surface area contributed by atoms with Gasteiger partial charge in [0.2, 0.25) is 11.8 Å². The van der Waals surface area contributed by atoms with Crippen molar-refractivity contribution in [3.63, 3.8) is 0 Å². The first kappa shape index (κ1) is 23.2. The molecule has 2 aromatic heterocycles. The number of nitrogens with one attached hydrogen (secondary N) is 3. The van der Waals surface area contributed by atoms with E-state index in [0.717, 1.165) is 5.56 Å². The minimum Gasteiger partial charge on any atom is -0.481 e. The number of amides is 1. The lowest BCUT2D eigenvalue weighted by Gasteiger charge is -2.18. The molecule has 0 radical (unpaired) electrons. The van der Waals surface area contributed by atoms with Gasteiger partial charge in [-0.15, -0.1) is 0 Å². The van der Waals surface area contributed by atoms with Crippen LogP contribution in [0.5, 0.6) is 5.88 Å². The van der Waals surface area contributed by atoms with Crippen LogP contribution >= 0.6 is 0 Å². The SMILES string of the molecule is COc1cc(Nc2ncc(C(F)(F)F)c(Nc3ccc(C)cc3NC(=O)C3CO3)n2)c(C)cn1. The third-order valence-corrected chi connectivity index (χ3v) is 4.94. The van der Waals surface area contributed by atoms with Crippen molar-refractivity contribution in [2.75, 3.05) is 29.7 Å². The summed E-state index contributed by atoms with van der Waals surface area (Å²) in [6, 6.07) is 6.48. The molecule has 1 aliphatic heterocycles. The molecule has 3 N–H and O–H groups in total. The Morgan fingerprint density at radius 1 is 1.09 bits per heavy atom. The number of benzene rings is 1. The van der Waals surface area contributed by atoms with Gasteiger partial charge in [-0.05, 0) is 37.1 Å². The molecule has 3 aromatic rings. The molecule has 34 heavy (non-hydrogen) atoms. The van der Waals surface area contributed by atoms with E-state index in [2.05, 4.69) is 30.9 Å². The Labute approximate surface area is 192 Å². The van der Waals surface area contributed by atoms with E-state index >= 15 is 0 Å². The lowest BCUT2D eigenvalue weighted by Crippen LogP contribution is -2.19. The number of carbonyl (C=O) groups is 1. The summed E-state index contributed by atoms with van der Waals surface area (Å²) in [5, 5.41) is 8.27. The minimum absolute atomic E-state index is 0.0732. The zero-order valence-corrected chi connectivity index (χ0v) is 18.4. The second kappa shape index (κ2) is 9.14. The molecule has 1 atom stereocenters. The van der Waals surface area contributed by atoms with Crippen LogP contribution in [0.1, 0.15) is 16.7 Å². The predicted molar refractivity (Wildman–Crippen MR) is 119 cm³/mol. The summed E-state index contributed by atoms with van der Waals surface area (Å²) >= 11 is 0. The molecular formula is C22H21F3N6O3. The molecule has 1 aromatic carbocycles. The molecular weight excluding hydrogens is 453 g/mol. The Kier molecular flexibility index (Phi) is 6.24. The van der Waals surface area contributed by atoms with Gasteiger partial charge in [0.1, 0.15) is 11.4 Å². The molecule has 1 unspecified atom stereocenters. The number of hydrogen-bond donors (Lipinski definition) is 3. The van der Waals surface area contributed by atoms with Crippen LogP contribution < -0.4 is 20.7 Å². The highest BCUT2D eigenvalue weighted by Gasteiger charge is 2.36. The predicted octanol–water partition coefficient (Wildman–Crippen LogP) is 4.34. The topological polar surface area (TPSA) is 114 Å². The van der Waals surface area contributed by atoms with E-state index in [4.69, 9.17) is 9.47 Å². The molecule has 1 saturated heterocycles. The summed E-state index contributed by atoms with van der Waals surface area (Å²) in [5.74, 6) is -0.614. The molecule has 1 aliphatic rings. The van der Waals surface area contributed by atoms with Crippen molar-refractivity contribution >= 4 is 34.7 Å². The molecule has 1 amide bonds. The van der Waals surface area contributed by atoms with E-state index < -0.39 is 23.7 Å². The standard InChI is InChI=1S/C22H21F3N6O3/c1-11-4-5-14(16(6-11)29-20(32)17-10-34-17)28-19-13(22(23,24)25)9-27-21(31-19)30-15-7-18(33-3)26-8-12(15)2/h4-9,17H,10H2,1-3H3,(H,29,32)(H2,26,27,28,30,31). The molecule has 0 aliphatic carbocycles. The second-order valence-electron chi connectivity index (χ2n) is 7.61. The van der Waals surface area contributed by atoms with Gasteiger partial charge in [-0.3, -0.25) is 4.79 Å². The number of halogens is 3. The Bertz CT molecular complexity index is 1230. The van der Waals surface area contributed by atoms with E-state index in [9.17, 15) is 18.0 Å². The Morgan fingerprint density at radius 3 is 2.53 bits per heavy atom. The average Bonchev–Trinajstić information content (AvgIpc) is 3.62. The highest BCUT2D eigenvalue weighted by atomic mass is 19.4. The fourth-order valence-corrected chi connectivity index (χ4v) is 3.03. The third kappa shape index (κ3) is 5.34. The van der Waals surface area contributed by atoms with Crippen LogP contribution in [0.15, 0.2) is 36.7 Å². The number of nitrogens with zero attached hydrogens (tertiary/aromatic N) is 3. The lowest BCUT2D eigenvalue weighted by atomic mass is 10.1. The van der Waals surface area contributed by atoms with E-state index in [0.29, 0.717) is 35.6 Å². The highest BCUT2D eigenvalue weighted by Crippen LogP contribution is 2.37. The number of aromatic nitrogens is 3. The number of aryl methyl sites for hydroxylation is 2. The highest BCUT2D eigenvalue weighted by molar-refractivity contribution is 5.98. The van der Waals surface area contributed by atoms with Crippen molar-refractivity contribution in [2.45, 2.75) is 26.1 Å². The van der Waals surface area contributed by atoms with Crippen LogP contribution in [0.25, 0.3) is 0 Å². The summed E-state index contributed by atoms with van der Waals surface area (Å²) in [4.78, 5) is 24.1. The molecule has 0 bridgehead atoms. The van der Waals surface area contributed by atoms with Crippen molar-refractivity contribution in [2.24, 2.45) is 0 Å². The van der Waals surface area contributed by atoms with Crippen molar-refractivity contribution in [3.8, 4) is 5.88 Å². The average molecular weight is 474 g/mol. The summed E-state index contributed by atoms with van der Waals surface area (Å²) in [7, 11) is 1.45. The number of rotatable bonds is 7. The molecule has 0 spiro atoms. The zero-order chi connectivity index (χ0) is 24.5. The van der Waals surface area contributed by atoms with Gasteiger partial charge in [0.25, 0.3) is 5.91 Å². The summed E-state index contributed by atoms with van der Waals surface area (Å²) in [6.07, 6.45) is -3.04. The Morgan fingerprint density at radius 2 is 1.85 bits per heavy atom. The largest absolute Gasteiger partial charge is 0.481 e. The number of pyridine rings is 1. The quantitative estimate of drug-likeness (QED) is 0.434. The number of alkyl halides is 3. The maximum Gasteiger partial charge on any atom is 0.421 e. The lowest BCUT2D eigenvalue weighted by molar-refractivity contribution is -0.137. The van der Waals surface area contributed by atoms with Crippen LogP contribution in [0.3, 0.4) is 0 Å². The van der Waals surface area contributed by atoms with Gasteiger partial charge in [-0.1, -0.05) is 6.07 Å². The number of methoxy groups -OCH3 is 1. The van der Waals surface area contributed by atoms with E-state index in [1.807, 2.05) is 0 Å². The molecule has 3 heterocycles. The molecule has 0 saturated carbocycles. The maximum atomic E-state index is 13.7. The van der Waals surface area contributed by atoms with Crippen LogP contribution in [-0.2, 0) is 15.7 Å². The number of carbonyl (C=O) groups excluding carboxylic acids is 1. The van der Waals surface area contributed by atoms with E-state index in [1.54, 1.807) is 44.3 Å². The third-order valence-electron chi connectivity index (χ3n) is 4.94. The van der Waals surface area contributed by atoms with E-state index in [-0.39, 0.29) is 17.5 Å². The summed E-state index contributed by atoms with van der Waals surface area (Å²) in [6.45, 7) is 3.87. The fourth-order valence-electron chi connectivity index (χ4n) is 3.03. The summed E-state index contributed by atoms with van der Waals surface area (Å²) in [5.41, 5.74) is 1.51. The first-order chi connectivity index (χ1) is 16.1.